The molecule has 1 aromatic rings. The van der Waals surface area contributed by atoms with Gasteiger partial charge in [0.2, 0.25) is 0 Å². The molecule has 1 aromatic heterocycles. The fraction of sp³-hybridized carbons (Fsp3) is 0.800. The lowest BCUT2D eigenvalue weighted by molar-refractivity contribution is 0.194. The first-order valence-corrected chi connectivity index (χ1v) is 7.54. The lowest BCUT2D eigenvalue weighted by atomic mass is 9.76. The predicted molar refractivity (Wildman–Crippen MR) is 78.5 cm³/mol. The van der Waals surface area contributed by atoms with E-state index in [1.165, 1.54) is 19.3 Å². The first kappa shape index (κ1) is 14.5. The van der Waals surface area contributed by atoms with Gasteiger partial charge in [-0.1, -0.05) is 27.2 Å². The van der Waals surface area contributed by atoms with Crippen LogP contribution in [0.4, 0.5) is 0 Å². The van der Waals surface area contributed by atoms with Gasteiger partial charge >= 0.3 is 0 Å². The van der Waals surface area contributed by atoms with E-state index in [9.17, 15) is 0 Å². The summed E-state index contributed by atoms with van der Waals surface area (Å²) in [6.07, 6.45) is 9.94. The third-order valence-corrected chi connectivity index (χ3v) is 4.71. The van der Waals surface area contributed by atoms with E-state index < -0.39 is 0 Å². The Kier molecular flexibility index (Phi) is 4.63. The molecule has 0 bridgehead atoms. The van der Waals surface area contributed by atoms with Crippen molar-refractivity contribution in [3.8, 4) is 0 Å². The van der Waals surface area contributed by atoms with Crippen molar-refractivity contribution in [2.24, 2.45) is 17.2 Å². The van der Waals surface area contributed by atoms with Gasteiger partial charge < -0.3 is 4.57 Å². The molecule has 2 unspecified atom stereocenters. The molecule has 2 atom stereocenters. The largest absolute Gasteiger partial charge is 0.335 e. The van der Waals surface area contributed by atoms with E-state index in [2.05, 4.69) is 41.9 Å². The van der Waals surface area contributed by atoms with Crippen molar-refractivity contribution < 1.29 is 0 Å². The number of rotatable bonds is 6. The molecular formula is C15H28N4. The molecule has 2 rings (SSSR count). The number of nitrogens with two attached hydrogens (primary N) is 1. The van der Waals surface area contributed by atoms with Crippen LogP contribution in [0.1, 0.15) is 52.3 Å². The van der Waals surface area contributed by atoms with Crippen LogP contribution in [0.2, 0.25) is 0 Å². The highest BCUT2D eigenvalue weighted by Crippen LogP contribution is 2.44. The van der Waals surface area contributed by atoms with E-state index >= 15 is 0 Å². The Hall–Kier alpha value is -0.870. The van der Waals surface area contributed by atoms with Gasteiger partial charge in [-0.2, -0.15) is 0 Å². The maximum absolute atomic E-state index is 5.83. The number of hydrazine groups is 1. The summed E-state index contributed by atoms with van der Waals surface area (Å²) in [5, 5.41) is 0. The van der Waals surface area contributed by atoms with Crippen molar-refractivity contribution in [3.05, 3.63) is 18.2 Å². The number of nitrogens with zero attached hydrogens (tertiary/aromatic N) is 2. The SMILES string of the molecule is CCCn1ccnc1CC(NN)C1CCCC1(C)C. The lowest BCUT2D eigenvalue weighted by Gasteiger charge is -2.33. The van der Waals surface area contributed by atoms with Crippen molar-refractivity contribution in [1.82, 2.24) is 15.0 Å². The van der Waals surface area contributed by atoms with E-state index in [1.807, 2.05) is 6.20 Å². The fourth-order valence-electron chi connectivity index (χ4n) is 3.59. The van der Waals surface area contributed by atoms with Crippen molar-refractivity contribution in [2.45, 2.75) is 65.5 Å². The topological polar surface area (TPSA) is 55.9 Å². The zero-order valence-corrected chi connectivity index (χ0v) is 12.5. The van der Waals surface area contributed by atoms with Crippen LogP contribution in [0.3, 0.4) is 0 Å². The third kappa shape index (κ3) is 3.18. The predicted octanol–water partition coefficient (Wildman–Crippen LogP) is 2.49. The second-order valence-electron chi connectivity index (χ2n) is 6.50. The molecule has 1 heterocycles. The molecule has 0 radical (unpaired) electrons. The zero-order valence-electron chi connectivity index (χ0n) is 12.5. The third-order valence-electron chi connectivity index (χ3n) is 4.71. The molecule has 1 aliphatic rings. The van der Waals surface area contributed by atoms with Crippen LogP contribution in [0.25, 0.3) is 0 Å². The smallest absolute Gasteiger partial charge is 0.110 e. The Morgan fingerprint density at radius 2 is 2.37 bits per heavy atom. The monoisotopic (exact) mass is 264 g/mol. The quantitative estimate of drug-likeness (QED) is 0.613. The minimum absolute atomic E-state index is 0.329. The van der Waals surface area contributed by atoms with Gasteiger partial charge in [0.1, 0.15) is 5.82 Å². The standard InChI is InChI=1S/C15H28N4/c1-4-9-19-10-8-17-14(19)11-13(18-16)12-6-5-7-15(12,2)3/h8,10,12-13,18H,4-7,9,11,16H2,1-3H3. The second kappa shape index (κ2) is 6.06. The van der Waals surface area contributed by atoms with Gasteiger partial charge in [-0.25, -0.2) is 4.98 Å². The lowest BCUT2D eigenvalue weighted by Crippen LogP contribution is -2.46. The summed E-state index contributed by atoms with van der Waals surface area (Å²) < 4.78 is 2.26. The zero-order chi connectivity index (χ0) is 13.9. The molecule has 108 valence electrons. The normalized spacial score (nSPS) is 23.7. The van der Waals surface area contributed by atoms with Crippen LogP contribution in [0.15, 0.2) is 12.4 Å². The van der Waals surface area contributed by atoms with Crippen LogP contribution >= 0.6 is 0 Å². The number of aromatic nitrogens is 2. The van der Waals surface area contributed by atoms with Gasteiger partial charge in [0, 0.05) is 31.4 Å². The molecule has 1 aliphatic carbocycles. The first-order chi connectivity index (χ1) is 9.08. The Labute approximate surface area is 116 Å². The molecule has 0 aliphatic heterocycles. The minimum atomic E-state index is 0.329. The first-order valence-electron chi connectivity index (χ1n) is 7.54. The van der Waals surface area contributed by atoms with Gasteiger partial charge in [-0.15, -0.1) is 0 Å². The summed E-state index contributed by atoms with van der Waals surface area (Å²) >= 11 is 0. The van der Waals surface area contributed by atoms with Crippen LogP contribution in [0, 0.1) is 11.3 Å². The molecule has 3 N–H and O–H groups in total. The number of nitrogens with one attached hydrogen (secondary N) is 1. The molecule has 1 saturated carbocycles. The summed E-state index contributed by atoms with van der Waals surface area (Å²) in [6, 6.07) is 0.329. The van der Waals surface area contributed by atoms with E-state index in [1.54, 1.807) is 0 Å². The molecule has 0 spiro atoms. The average molecular weight is 264 g/mol. The van der Waals surface area contributed by atoms with Crippen LogP contribution in [-0.4, -0.2) is 15.6 Å². The maximum atomic E-state index is 5.83. The number of hydrogen-bond donors (Lipinski definition) is 2. The number of imidazole rings is 1. The molecule has 19 heavy (non-hydrogen) atoms. The fourth-order valence-corrected chi connectivity index (χ4v) is 3.59. The molecule has 0 aromatic carbocycles. The number of hydrogen-bond acceptors (Lipinski definition) is 3. The molecule has 4 nitrogen and oxygen atoms in total. The van der Waals surface area contributed by atoms with Crippen molar-refractivity contribution >= 4 is 0 Å². The number of aryl methyl sites for hydroxylation is 1. The van der Waals surface area contributed by atoms with E-state index in [0.29, 0.717) is 17.4 Å². The van der Waals surface area contributed by atoms with Crippen LogP contribution < -0.4 is 11.3 Å². The highest BCUT2D eigenvalue weighted by atomic mass is 15.2. The van der Waals surface area contributed by atoms with Crippen molar-refractivity contribution in [3.63, 3.8) is 0 Å². The van der Waals surface area contributed by atoms with Crippen LogP contribution in [-0.2, 0) is 13.0 Å². The Balaban J connectivity index is 2.08. The molecular weight excluding hydrogens is 236 g/mol. The second-order valence-corrected chi connectivity index (χ2v) is 6.50. The van der Waals surface area contributed by atoms with E-state index in [-0.39, 0.29) is 0 Å². The maximum Gasteiger partial charge on any atom is 0.110 e. The summed E-state index contributed by atoms with van der Waals surface area (Å²) in [5.74, 6) is 7.63. The van der Waals surface area contributed by atoms with Gasteiger partial charge in [-0.05, 0) is 30.6 Å². The van der Waals surface area contributed by atoms with Gasteiger partial charge in [0.05, 0.1) is 0 Å². The Bertz CT molecular complexity index is 397. The Morgan fingerprint density at radius 3 is 2.95 bits per heavy atom. The minimum Gasteiger partial charge on any atom is -0.335 e. The summed E-state index contributed by atoms with van der Waals surface area (Å²) in [7, 11) is 0. The van der Waals surface area contributed by atoms with Gasteiger partial charge in [0.25, 0.3) is 0 Å². The van der Waals surface area contributed by atoms with E-state index in [4.69, 9.17) is 5.84 Å². The highest BCUT2D eigenvalue weighted by molar-refractivity contribution is 5.00. The van der Waals surface area contributed by atoms with Crippen molar-refractivity contribution in [2.75, 3.05) is 0 Å². The van der Waals surface area contributed by atoms with Gasteiger partial charge in [-0.3, -0.25) is 11.3 Å². The molecule has 0 saturated heterocycles. The van der Waals surface area contributed by atoms with Crippen LogP contribution in [0.5, 0.6) is 0 Å². The molecule has 1 fully saturated rings. The average Bonchev–Trinajstić information content (AvgIpc) is 2.93. The summed E-state index contributed by atoms with van der Waals surface area (Å²) in [6.45, 7) is 7.98. The van der Waals surface area contributed by atoms with Gasteiger partial charge in [0.15, 0.2) is 0 Å². The summed E-state index contributed by atoms with van der Waals surface area (Å²) in [4.78, 5) is 4.51. The van der Waals surface area contributed by atoms with E-state index in [0.717, 1.165) is 25.2 Å². The molecule has 0 amide bonds. The molecule has 4 heteroatoms. The van der Waals surface area contributed by atoms with Crippen molar-refractivity contribution in [1.29, 1.82) is 0 Å². The Morgan fingerprint density at radius 1 is 1.58 bits per heavy atom. The summed E-state index contributed by atoms with van der Waals surface area (Å²) in [5.41, 5.74) is 3.44. The highest BCUT2D eigenvalue weighted by Gasteiger charge is 2.39.